The first-order chi connectivity index (χ1) is 13.5. The highest BCUT2D eigenvalue weighted by molar-refractivity contribution is 5.80. The van der Waals surface area contributed by atoms with Crippen LogP contribution in [0.5, 0.6) is 0 Å². The summed E-state index contributed by atoms with van der Waals surface area (Å²) in [6.07, 6.45) is 6.75. The number of guanidine groups is 1. The zero-order valence-corrected chi connectivity index (χ0v) is 17.7. The molecule has 1 aromatic carbocycles. The summed E-state index contributed by atoms with van der Waals surface area (Å²) >= 11 is 0. The maximum Gasteiger partial charge on any atom is 0.222 e. The quantitative estimate of drug-likeness (QED) is 0.581. The molecule has 2 N–H and O–H groups in total. The van der Waals surface area contributed by atoms with Crippen LogP contribution in [0.2, 0.25) is 0 Å². The highest BCUT2D eigenvalue weighted by atomic mass is 16.2. The molecule has 2 aliphatic rings. The van der Waals surface area contributed by atoms with Gasteiger partial charge in [-0.2, -0.15) is 0 Å². The molecule has 5 nitrogen and oxygen atoms in total. The molecule has 0 bridgehead atoms. The van der Waals surface area contributed by atoms with Gasteiger partial charge in [-0.25, -0.2) is 0 Å². The zero-order chi connectivity index (χ0) is 19.9. The van der Waals surface area contributed by atoms with E-state index in [1.165, 1.54) is 36.8 Å². The number of carbonyl (C=O) groups excluding carboxylic acids is 1. The van der Waals surface area contributed by atoms with Crippen molar-refractivity contribution in [1.29, 1.82) is 0 Å². The van der Waals surface area contributed by atoms with Crippen LogP contribution in [0, 0.1) is 11.8 Å². The summed E-state index contributed by atoms with van der Waals surface area (Å²) in [4.78, 5) is 18.2. The molecule has 1 heterocycles. The Morgan fingerprint density at radius 1 is 1.21 bits per heavy atom. The van der Waals surface area contributed by atoms with Crippen molar-refractivity contribution in [3.63, 3.8) is 0 Å². The molecule has 3 rings (SSSR count). The monoisotopic (exact) mass is 384 g/mol. The minimum Gasteiger partial charge on any atom is -0.354 e. The first kappa shape index (κ1) is 20.7. The predicted molar refractivity (Wildman–Crippen MR) is 115 cm³/mol. The van der Waals surface area contributed by atoms with Gasteiger partial charge in [-0.3, -0.25) is 9.79 Å². The van der Waals surface area contributed by atoms with Crippen LogP contribution in [0.1, 0.15) is 63.5 Å². The normalized spacial score (nSPS) is 23.4. The maximum absolute atomic E-state index is 11.9. The van der Waals surface area contributed by atoms with E-state index >= 15 is 0 Å². The molecule has 1 saturated heterocycles. The Balaban J connectivity index is 1.47. The Morgan fingerprint density at radius 2 is 1.96 bits per heavy atom. The molecular formula is C23H36N4O. The number of aliphatic imine (C=N–C) groups is 1. The number of hydrogen-bond acceptors (Lipinski definition) is 2. The second-order valence-corrected chi connectivity index (χ2v) is 8.66. The maximum atomic E-state index is 11.9. The van der Waals surface area contributed by atoms with Crippen molar-refractivity contribution in [1.82, 2.24) is 15.5 Å². The molecule has 28 heavy (non-hydrogen) atoms. The van der Waals surface area contributed by atoms with Gasteiger partial charge in [-0.15, -0.1) is 0 Å². The van der Waals surface area contributed by atoms with E-state index in [0.717, 1.165) is 43.9 Å². The van der Waals surface area contributed by atoms with Gasteiger partial charge in [0.1, 0.15) is 0 Å². The molecule has 0 atom stereocenters. The highest BCUT2D eigenvalue weighted by Gasteiger charge is 2.23. The van der Waals surface area contributed by atoms with E-state index in [1.807, 2.05) is 11.9 Å². The number of nitrogens with zero attached hydrogens (tertiary/aromatic N) is 2. The van der Waals surface area contributed by atoms with E-state index in [1.54, 1.807) is 0 Å². The fourth-order valence-corrected chi connectivity index (χ4v) is 4.43. The Kier molecular flexibility index (Phi) is 7.35. The van der Waals surface area contributed by atoms with E-state index in [-0.39, 0.29) is 5.91 Å². The zero-order valence-electron chi connectivity index (χ0n) is 17.7. The van der Waals surface area contributed by atoms with Crippen molar-refractivity contribution in [2.45, 2.75) is 71.5 Å². The van der Waals surface area contributed by atoms with E-state index in [2.05, 4.69) is 53.7 Å². The lowest BCUT2D eigenvalue weighted by Gasteiger charge is -2.32. The Bertz CT molecular complexity index is 677. The van der Waals surface area contributed by atoms with Gasteiger partial charge in [-0.1, -0.05) is 38.1 Å². The number of carbonyl (C=O) groups is 1. The third kappa shape index (κ3) is 5.73. The lowest BCUT2D eigenvalue weighted by Crippen LogP contribution is -2.44. The summed E-state index contributed by atoms with van der Waals surface area (Å²) in [7, 11) is 1.84. The number of amides is 1. The standard InChI is InChI=1S/C23H36N4O/c1-17(2)20-9-11-21(12-10-20)26-23(24-3)25-15-18-6-4-7-19(14-18)16-27-13-5-8-22(27)28/h4,6-7,14,17,20-21H,5,8-13,15-16H2,1-3H3,(H2,24,25,26). The minimum absolute atomic E-state index is 0.278. The van der Waals surface area contributed by atoms with Crippen molar-refractivity contribution >= 4 is 11.9 Å². The SMILES string of the molecule is CN=C(NCc1cccc(CN2CCCC2=O)c1)NC1CCC(C(C)C)CC1. The molecule has 0 aromatic heterocycles. The largest absolute Gasteiger partial charge is 0.354 e. The third-order valence-electron chi connectivity index (χ3n) is 6.28. The number of rotatable bonds is 6. The fraction of sp³-hybridized carbons (Fsp3) is 0.652. The molecule has 0 spiro atoms. The molecular weight excluding hydrogens is 348 g/mol. The number of likely N-dealkylation sites (tertiary alicyclic amines) is 1. The summed E-state index contributed by atoms with van der Waals surface area (Å²) in [6, 6.07) is 9.03. The summed E-state index contributed by atoms with van der Waals surface area (Å²) in [5.41, 5.74) is 2.42. The number of hydrogen-bond donors (Lipinski definition) is 2. The molecule has 1 saturated carbocycles. The van der Waals surface area contributed by atoms with Crippen LogP contribution in [0.4, 0.5) is 0 Å². The van der Waals surface area contributed by atoms with Crippen molar-refractivity contribution in [3.8, 4) is 0 Å². The Labute approximate surface area is 170 Å². The van der Waals surface area contributed by atoms with Crippen LogP contribution < -0.4 is 10.6 Å². The van der Waals surface area contributed by atoms with Crippen molar-refractivity contribution in [2.75, 3.05) is 13.6 Å². The van der Waals surface area contributed by atoms with E-state index < -0.39 is 0 Å². The summed E-state index contributed by atoms with van der Waals surface area (Å²) in [5.74, 6) is 2.83. The van der Waals surface area contributed by atoms with Gasteiger partial charge < -0.3 is 15.5 Å². The van der Waals surface area contributed by atoms with Crippen molar-refractivity contribution in [2.24, 2.45) is 16.8 Å². The van der Waals surface area contributed by atoms with Crippen LogP contribution in [-0.2, 0) is 17.9 Å². The van der Waals surface area contributed by atoms with E-state index in [0.29, 0.717) is 12.5 Å². The number of benzene rings is 1. The van der Waals surface area contributed by atoms with Gasteiger partial charge in [0.25, 0.3) is 0 Å². The van der Waals surface area contributed by atoms with Crippen molar-refractivity contribution in [3.05, 3.63) is 35.4 Å². The van der Waals surface area contributed by atoms with Crippen LogP contribution in [0.3, 0.4) is 0 Å². The van der Waals surface area contributed by atoms with Crippen LogP contribution in [-0.4, -0.2) is 36.4 Å². The molecule has 1 aliphatic heterocycles. The van der Waals surface area contributed by atoms with Crippen LogP contribution >= 0.6 is 0 Å². The summed E-state index contributed by atoms with van der Waals surface area (Å²) in [6.45, 7) is 7.03. The highest BCUT2D eigenvalue weighted by Crippen LogP contribution is 2.29. The lowest BCUT2D eigenvalue weighted by atomic mass is 9.80. The summed E-state index contributed by atoms with van der Waals surface area (Å²) < 4.78 is 0. The Hall–Kier alpha value is -2.04. The molecule has 1 aromatic rings. The van der Waals surface area contributed by atoms with E-state index in [4.69, 9.17) is 0 Å². The fourth-order valence-electron chi connectivity index (χ4n) is 4.43. The molecule has 0 radical (unpaired) electrons. The smallest absolute Gasteiger partial charge is 0.222 e. The number of nitrogens with one attached hydrogen (secondary N) is 2. The van der Waals surface area contributed by atoms with E-state index in [9.17, 15) is 4.79 Å². The second kappa shape index (κ2) is 9.94. The molecule has 154 valence electrons. The van der Waals surface area contributed by atoms with Gasteiger partial charge in [0, 0.05) is 39.1 Å². The first-order valence-electron chi connectivity index (χ1n) is 10.9. The third-order valence-corrected chi connectivity index (χ3v) is 6.28. The minimum atomic E-state index is 0.278. The van der Waals surface area contributed by atoms with Crippen LogP contribution in [0.25, 0.3) is 0 Å². The average Bonchev–Trinajstić information content (AvgIpc) is 3.10. The molecule has 0 unspecified atom stereocenters. The summed E-state index contributed by atoms with van der Waals surface area (Å²) in [5, 5.41) is 7.06. The molecule has 2 fully saturated rings. The average molecular weight is 385 g/mol. The van der Waals surface area contributed by atoms with Gasteiger partial charge in [-0.05, 0) is 55.1 Å². The van der Waals surface area contributed by atoms with Crippen molar-refractivity contribution < 1.29 is 4.79 Å². The van der Waals surface area contributed by atoms with Gasteiger partial charge in [0.2, 0.25) is 5.91 Å². The molecule has 5 heteroatoms. The topological polar surface area (TPSA) is 56.7 Å². The second-order valence-electron chi connectivity index (χ2n) is 8.66. The predicted octanol–water partition coefficient (Wildman–Crippen LogP) is 3.69. The van der Waals surface area contributed by atoms with Gasteiger partial charge >= 0.3 is 0 Å². The lowest BCUT2D eigenvalue weighted by molar-refractivity contribution is -0.128. The molecule has 1 aliphatic carbocycles. The van der Waals surface area contributed by atoms with Gasteiger partial charge in [0.15, 0.2) is 5.96 Å². The molecule has 1 amide bonds. The first-order valence-corrected chi connectivity index (χ1v) is 10.9. The van der Waals surface area contributed by atoms with Gasteiger partial charge in [0.05, 0.1) is 0 Å². The Morgan fingerprint density at radius 3 is 2.61 bits per heavy atom. The van der Waals surface area contributed by atoms with Crippen LogP contribution in [0.15, 0.2) is 29.3 Å².